The van der Waals surface area contributed by atoms with E-state index in [1.165, 1.54) is 28.4 Å². The number of fused-ring (bicyclic) bond motifs is 2. The van der Waals surface area contributed by atoms with Gasteiger partial charge >= 0.3 is 0 Å². The van der Waals surface area contributed by atoms with Crippen molar-refractivity contribution in [3.63, 3.8) is 0 Å². The summed E-state index contributed by atoms with van der Waals surface area (Å²) in [7, 11) is 0. The number of nitrogens with two attached hydrogens (primary N) is 1. The number of piperidine rings is 1. The van der Waals surface area contributed by atoms with Crippen molar-refractivity contribution in [2.75, 3.05) is 61.4 Å². The SMILES string of the molecule is Cc1ncsc1-c1ccc([C@H](C)NC(=O)[C@@H]2C[C@@H](O)CN2C(=O)[C@@H](c2cc(OCCC3CCN(CC4CC(Oc5cc(N6C7CC[C@@H]6CN(c6cc(-c8ccccc8O)nnc6N)C7)ccn5)C4)CC3)no2)C(C)C)c(F)c1F. The molecular weight excluding hydrogens is 1030 g/mol. The first-order valence-corrected chi connectivity index (χ1v) is 28.6. The number of aryl methyl sites for hydroxylation is 1. The number of amides is 2. The third-order valence-electron chi connectivity index (χ3n) is 16.8. The zero-order chi connectivity index (χ0) is 55.1. The van der Waals surface area contributed by atoms with E-state index in [2.05, 4.69) is 57.5 Å². The van der Waals surface area contributed by atoms with Gasteiger partial charge in [0, 0.05) is 85.4 Å². The molecule has 4 saturated heterocycles. The van der Waals surface area contributed by atoms with Crippen LogP contribution in [0.1, 0.15) is 101 Å². The number of phenolic OH excluding ortho intramolecular Hbond substituents is 1. The molecule has 5 aliphatic rings. The summed E-state index contributed by atoms with van der Waals surface area (Å²) in [6.07, 6.45) is 8.18. The van der Waals surface area contributed by atoms with Crippen LogP contribution >= 0.6 is 11.3 Å². The van der Waals surface area contributed by atoms with Gasteiger partial charge in [-0.2, -0.15) is 0 Å². The summed E-state index contributed by atoms with van der Waals surface area (Å²) in [5.74, 6) is -1.31. The van der Waals surface area contributed by atoms with Crippen molar-refractivity contribution < 1.29 is 42.6 Å². The number of thiazole rings is 1. The lowest BCUT2D eigenvalue weighted by atomic mass is 9.81. The molecule has 5 N–H and O–H groups in total. The predicted molar refractivity (Wildman–Crippen MR) is 295 cm³/mol. The number of benzene rings is 2. The lowest BCUT2D eigenvalue weighted by Gasteiger charge is -2.43. The van der Waals surface area contributed by atoms with Gasteiger partial charge in [0.2, 0.25) is 17.7 Å². The Kier molecular flexibility index (Phi) is 15.7. The lowest BCUT2D eigenvalue weighted by Crippen LogP contribution is -2.54. The fourth-order valence-corrected chi connectivity index (χ4v) is 13.4. The van der Waals surface area contributed by atoms with Gasteiger partial charge in [0.1, 0.15) is 23.8 Å². The third kappa shape index (κ3) is 11.4. The van der Waals surface area contributed by atoms with Crippen molar-refractivity contribution in [3.8, 4) is 39.2 Å². The number of carbonyl (C=O) groups excluding carboxylic acids is 2. The molecule has 418 valence electrons. The van der Waals surface area contributed by atoms with E-state index in [9.17, 15) is 19.8 Å². The maximum atomic E-state index is 15.4. The van der Waals surface area contributed by atoms with E-state index >= 15 is 8.78 Å². The highest BCUT2D eigenvalue weighted by atomic mass is 32.1. The van der Waals surface area contributed by atoms with Crippen LogP contribution in [-0.2, 0) is 9.59 Å². The molecule has 1 aliphatic carbocycles. The minimum Gasteiger partial charge on any atom is -0.507 e. The van der Waals surface area contributed by atoms with E-state index < -0.39 is 47.6 Å². The molecule has 21 heteroatoms. The number of aliphatic hydroxyl groups is 1. The molecule has 0 radical (unpaired) electrons. The number of pyridine rings is 1. The van der Waals surface area contributed by atoms with Gasteiger partial charge in [0.15, 0.2) is 23.2 Å². The highest BCUT2D eigenvalue weighted by Gasteiger charge is 2.45. The van der Waals surface area contributed by atoms with Crippen LogP contribution in [0.25, 0.3) is 21.7 Å². The number of aromatic hydroxyl groups is 1. The number of para-hydroxylation sites is 1. The summed E-state index contributed by atoms with van der Waals surface area (Å²) in [5, 5.41) is 36.6. The number of β-amino-alcohol motifs (C(OH)–C–C–N with tert-alkyl or cyclic N) is 1. The normalized spacial score (nSPS) is 23.2. The minimum atomic E-state index is -1.07. The van der Waals surface area contributed by atoms with Gasteiger partial charge in [-0.05, 0) is 125 Å². The van der Waals surface area contributed by atoms with Gasteiger partial charge in [-0.3, -0.25) is 9.59 Å². The van der Waals surface area contributed by atoms with Gasteiger partial charge < -0.3 is 54.9 Å². The zero-order valence-electron chi connectivity index (χ0n) is 45.0. The van der Waals surface area contributed by atoms with Crippen molar-refractivity contribution in [1.82, 2.24) is 40.4 Å². The van der Waals surface area contributed by atoms with Gasteiger partial charge in [-0.15, -0.1) is 21.5 Å². The smallest absolute Gasteiger partial charge is 0.254 e. The van der Waals surface area contributed by atoms with Crippen LogP contribution in [0.4, 0.5) is 26.0 Å². The Bertz CT molecular complexity index is 3130. The Hall–Kier alpha value is -6.97. The zero-order valence-corrected chi connectivity index (χ0v) is 45.8. The summed E-state index contributed by atoms with van der Waals surface area (Å²) in [6, 6.07) is 16.4. The predicted octanol–water partition coefficient (Wildman–Crippen LogP) is 8.30. The fraction of sp³-hybridized carbons (Fsp3) is 0.500. The minimum absolute atomic E-state index is 0.0120. The number of nitrogens with zero attached hydrogens (tertiary/aromatic N) is 9. The van der Waals surface area contributed by atoms with E-state index in [0.717, 1.165) is 89.0 Å². The van der Waals surface area contributed by atoms with Crippen LogP contribution in [0.5, 0.6) is 17.5 Å². The second kappa shape index (κ2) is 23.0. The number of hydrogen-bond acceptors (Lipinski definition) is 17. The van der Waals surface area contributed by atoms with Crippen molar-refractivity contribution in [3.05, 3.63) is 101 Å². The Balaban J connectivity index is 0.607. The number of ether oxygens (including phenoxy) is 2. The van der Waals surface area contributed by atoms with E-state index in [-0.39, 0.29) is 47.7 Å². The molecule has 6 aromatic rings. The average Bonchev–Trinajstić information content (AvgIpc) is 4.23. The molecule has 1 saturated carbocycles. The molecule has 1 unspecified atom stereocenters. The maximum absolute atomic E-state index is 15.4. The topological polar surface area (TPSA) is 222 Å². The molecule has 2 bridgehead atoms. The van der Waals surface area contributed by atoms with Crippen LogP contribution in [-0.4, -0.2) is 133 Å². The summed E-state index contributed by atoms with van der Waals surface area (Å²) in [6.45, 7) is 12.1. The molecule has 18 nitrogen and oxygen atoms in total. The second-order valence-electron chi connectivity index (χ2n) is 22.5. The van der Waals surface area contributed by atoms with Gasteiger partial charge in [0.05, 0.1) is 46.2 Å². The van der Waals surface area contributed by atoms with Crippen LogP contribution in [0.3, 0.4) is 0 Å². The molecule has 79 heavy (non-hydrogen) atoms. The van der Waals surface area contributed by atoms with Crippen LogP contribution < -0.4 is 30.3 Å². The molecule has 5 fully saturated rings. The number of anilines is 3. The van der Waals surface area contributed by atoms with Gasteiger partial charge in [-0.25, -0.2) is 18.7 Å². The summed E-state index contributed by atoms with van der Waals surface area (Å²) in [4.78, 5) is 46.0. The quantitative estimate of drug-likeness (QED) is 0.0636. The van der Waals surface area contributed by atoms with E-state index in [0.29, 0.717) is 69.8 Å². The van der Waals surface area contributed by atoms with E-state index in [1.807, 2.05) is 38.2 Å². The number of piperazine rings is 1. The monoisotopic (exact) mass is 1100 g/mol. The number of likely N-dealkylation sites (tertiary alicyclic amines) is 2. The van der Waals surface area contributed by atoms with Gasteiger partial charge in [0.25, 0.3) is 5.88 Å². The first-order chi connectivity index (χ1) is 38.1. The Morgan fingerprint density at radius 1 is 0.899 bits per heavy atom. The molecule has 2 amide bonds. The first kappa shape index (κ1) is 54.0. The summed E-state index contributed by atoms with van der Waals surface area (Å²) in [5.41, 5.74) is 11.8. The number of hydrogen-bond donors (Lipinski definition) is 4. The van der Waals surface area contributed by atoms with Crippen molar-refractivity contribution >= 4 is 40.3 Å². The maximum Gasteiger partial charge on any atom is 0.254 e. The molecular formula is C58H69F2N11O7S. The molecule has 2 aromatic carbocycles. The average molecular weight is 1100 g/mol. The van der Waals surface area contributed by atoms with Crippen LogP contribution in [0.15, 0.2) is 76.9 Å². The third-order valence-corrected chi connectivity index (χ3v) is 17.8. The second-order valence-corrected chi connectivity index (χ2v) is 23.4. The highest BCUT2D eigenvalue weighted by Crippen LogP contribution is 2.42. The number of carbonyl (C=O) groups is 2. The number of nitrogen functional groups attached to an aromatic ring is 1. The van der Waals surface area contributed by atoms with Gasteiger partial charge in [-0.1, -0.05) is 32.0 Å². The number of phenols is 1. The van der Waals surface area contributed by atoms with Crippen molar-refractivity contribution in [2.45, 2.75) is 121 Å². The Morgan fingerprint density at radius 3 is 2.41 bits per heavy atom. The van der Waals surface area contributed by atoms with Crippen molar-refractivity contribution in [1.29, 1.82) is 0 Å². The number of aliphatic hydroxyl groups excluding tert-OH is 1. The van der Waals surface area contributed by atoms with Crippen molar-refractivity contribution in [2.24, 2.45) is 17.8 Å². The number of halogens is 2. The molecule has 11 rings (SSSR count). The van der Waals surface area contributed by atoms with Crippen LogP contribution in [0.2, 0.25) is 0 Å². The van der Waals surface area contributed by atoms with E-state index in [1.54, 1.807) is 37.6 Å². The number of rotatable bonds is 18. The molecule has 4 aromatic heterocycles. The Labute approximate surface area is 462 Å². The molecule has 4 aliphatic heterocycles. The highest BCUT2D eigenvalue weighted by molar-refractivity contribution is 7.13. The Morgan fingerprint density at radius 2 is 1.67 bits per heavy atom. The summed E-state index contributed by atoms with van der Waals surface area (Å²) >= 11 is 1.21. The lowest BCUT2D eigenvalue weighted by molar-refractivity contribution is -0.141. The molecule has 8 heterocycles. The standard InChI is InChI=1S/C58H69F2N11O7S/c1-32(2)52(58(75)70-30-40(72)24-47(70)57(74)64-33(3)42-11-12-44(54(60)53(42)59)55-34(4)63-31-79-55)49-26-51(67-78-49)76-20-16-35-14-18-68(19-15-35)27-36-21-41(22-36)77-50-23-37(13-17-62-50)71-38-9-10-39(71)29-69(28-38)46-25-45(65-66-56(46)61)43-7-5-6-8-48(43)73/h5-8,11-13,17,23,25-26,31-33,35-36,38-41,47,52,72-73H,9-10,14-16,18-22,24,27-30H2,1-4H3,(H2,61,66)(H,64,74)/t33-,36?,38+,39?,40+,41?,47-,52+/m0/s1. The number of aromatic nitrogens is 5. The largest absolute Gasteiger partial charge is 0.507 e. The first-order valence-electron chi connectivity index (χ1n) is 27.7. The van der Waals surface area contributed by atoms with Crippen LogP contribution in [0, 0.1) is 36.3 Å². The number of nitrogens with one attached hydrogen (secondary N) is 1. The molecule has 6 atom stereocenters. The summed E-state index contributed by atoms with van der Waals surface area (Å²) < 4.78 is 49.0. The van der Waals surface area contributed by atoms with E-state index in [4.69, 9.17) is 19.7 Å². The molecule has 0 spiro atoms. The fourth-order valence-electron chi connectivity index (χ4n) is 12.6.